The second-order valence-electron chi connectivity index (χ2n) is 7.22. The Kier molecular flexibility index (Phi) is 5.77. The molecule has 0 aromatic heterocycles. The lowest BCUT2D eigenvalue weighted by Crippen LogP contribution is -2.51. The molecular formula is C20H30N2O2. The smallest absolute Gasteiger partial charge is 0.226 e. The summed E-state index contributed by atoms with van der Waals surface area (Å²) in [4.78, 5) is 17.0. The van der Waals surface area contributed by atoms with E-state index in [1.165, 1.54) is 31.2 Å². The molecule has 4 nitrogen and oxygen atoms in total. The molecule has 0 bridgehead atoms. The van der Waals surface area contributed by atoms with Gasteiger partial charge in [0.05, 0.1) is 13.0 Å². The molecule has 1 saturated heterocycles. The Bertz CT molecular complexity index is 559. The van der Waals surface area contributed by atoms with Gasteiger partial charge in [-0.05, 0) is 38.3 Å². The molecule has 2 aliphatic rings. The molecule has 1 saturated carbocycles. The van der Waals surface area contributed by atoms with E-state index in [1.807, 2.05) is 24.0 Å². The number of rotatable bonds is 5. The maximum atomic E-state index is 12.4. The van der Waals surface area contributed by atoms with Crippen molar-refractivity contribution in [1.82, 2.24) is 9.80 Å². The van der Waals surface area contributed by atoms with Crippen LogP contribution in [0.3, 0.4) is 0 Å². The number of amides is 1. The highest BCUT2D eigenvalue weighted by molar-refractivity contribution is 5.76. The van der Waals surface area contributed by atoms with Crippen molar-refractivity contribution in [1.29, 1.82) is 0 Å². The number of carbonyl (C=O) groups is 1. The fourth-order valence-corrected chi connectivity index (χ4v) is 3.97. The van der Waals surface area contributed by atoms with Crippen LogP contribution < -0.4 is 4.74 Å². The maximum absolute atomic E-state index is 12.4. The zero-order valence-electron chi connectivity index (χ0n) is 15.1. The number of nitrogens with zero attached hydrogens (tertiary/aromatic N) is 2. The second kappa shape index (κ2) is 8.02. The van der Waals surface area contributed by atoms with Crippen molar-refractivity contribution in [3.05, 3.63) is 29.3 Å². The van der Waals surface area contributed by atoms with Gasteiger partial charge < -0.3 is 9.64 Å². The van der Waals surface area contributed by atoms with Gasteiger partial charge in [-0.3, -0.25) is 9.69 Å². The Morgan fingerprint density at radius 3 is 2.50 bits per heavy atom. The van der Waals surface area contributed by atoms with E-state index >= 15 is 0 Å². The van der Waals surface area contributed by atoms with Gasteiger partial charge in [0.15, 0.2) is 0 Å². The lowest BCUT2D eigenvalue weighted by atomic mass is 10.1. The molecule has 0 spiro atoms. The van der Waals surface area contributed by atoms with Crippen molar-refractivity contribution in [2.45, 2.75) is 52.0 Å². The van der Waals surface area contributed by atoms with Gasteiger partial charge in [0.1, 0.15) is 5.75 Å². The molecule has 132 valence electrons. The van der Waals surface area contributed by atoms with E-state index in [-0.39, 0.29) is 5.91 Å². The Hall–Kier alpha value is -1.55. The monoisotopic (exact) mass is 330 g/mol. The van der Waals surface area contributed by atoms with E-state index in [0.29, 0.717) is 13.0 Å². The van der Waals surface area contributed by atoms with Gasteiger partial charge in [-0.25, -0.2) is 0 Å². The van der Waals surface area contributed by atoms with Crippen LogP contribution in [0.2, 0.25) is 0 Å². The molecule has 2 fully saturated rings. The van der Waals surface area contributed by atoms with Gasteiger partial charge in [0.25, 0.3) is 0 Å². The molecule has 1 amide bonds. The Labute approximate surface area is 145 Å². The first kappa shape index (κ1) is 17.3. The zero-order valence-corrected chi connectivity index (χ0v) is 15.1. The molecule has 1 aromatic carbocycles. The molecule has 3 rings (SSSR count). The van der Waals surface area contributed by atoms with Crippen molar-refractivity contribution < 1.29 is 9.53 Å². The summed E-state index contributed by atoms with van der Waals surface area (Å²) in [7, 11) is 0. The number of hydrogen-bond donors (Lipinski definition) is 0. The quantitative estimate of drug-likeness (QED) is 0.831. The predicted octanol–water partition coefficient (Wildman–Crippen LogP) is 3.16. The minimum absolute atomic E-state index is 0.228. The Balaban J connectivity index is 1.39. The van der Waals surface area contributed by atoms with Crippen LogP contribution in [0, 0.1) is 13.8 Å². The molecule has 1 heterocycles. The predicted molar refractivity (Wildman–Crippen MR) is 96.4 cm³/mol. The van der Waals surface area contributed by atoms with Gasteiger partial charge in [-0.1, -0.05) is 30.5 Å². The van der Waals surface area contributed by atoms with Crippen molar-refractivity contribution in [3.8, 4) is 5.75 Å². The van der Waals surface area contributed by atoms with Crippen LogP contribution in [-0.2, 0) is 4.79 Å². The van der Waals surface area contributed by atoms with Crippen molar-refractivity contribution in [2.75, 3.05) is 32.8 Å². The highest BCUT2D eigenvalue weighted by Gasteiger charge is 2.27. The first-order chi connectivity index (χ1) is 11.6. The Morgan fingerprint density at radius 1 is 1.12 bits per heavy atom. The molecule has 0 N–H and O–H groups in total. The van der Waals surface area contributed by atoms with Gasteiger partial charge in [-0.15, -0.1) is 0 Å². The van der Waals surface area contributed by atoms with Crippen LogP contribution in [0.1, 0.15) is 43.2 Å². The van der Waals surface area contributed by atoms with E-state index in [4.69, 9.17) is 4.74 Å². The lowest BCUT2D eigenvalue weighted by molar-refractivity contribution is -0.133. The fourth-order valence-electron chi connectivity index (χ4n) is 3.97. The summed E-state index contributed by atoms with van der Waals surface area (Å²) < 4.78 is 5.80. The summed E-state index contributed by atoms with van der Waals surface area (Å²) >= 11 is 0. The molecular weight excluding hydrogens is 300 g/mol. The van der Waals surface area contributed by atoms with Gasteiger partial charge in [-0.2, -0.15) is 0 Å². The third-order valence-corrected chi connectivity index (χ3v) is 5.41. The van der Waals surface area contributed by atoms with E-state index in [0.717, 1.165) is 43.5 Å². The minimum Gasteiger partial charge on any atom is -0.493 e. The topological polar surface area (TPSA) is 32.8 Å². The number of piperazine rings is 1. The summed E-state index contributed by atoms with van der Waals surface area (Å²) in [6.45, 7) is 8.41. The van der Waals surface area contributed by atoms with Gasteiger partial charge >= 0.3 is 0 Å². The molecule has 4 heteroatoms. The number of benzene rings is 1. The standard InChI is InChI=1S/C20H30N2O2/c1-16-7-8-19(17(2)15-16)24-14-9-20(23)22-12-10-21(11-13-22)18-5-3-4-6-18/h7-8,15,18H,3-6,9-14H2,1-2H3. The van der Waals surface area contributed by atoms with Crippen molar-refractivity contribution in [2.24, 2.45) is 0 Å². The molecule has 0 unspecified atom stereocenters. The van der Waals surface area contributed by atoms with Crippen LogP contribution >= 0.6 is 0 Å². The normalized spacial score (nSPS) is 19.7. The Morgan fingerprint density at radius 2 is 1.83 bits per heavy atom. The summed E-state index contributed by atoms with van der Waals surface area (Å²) in [5, 5.41) is 0. The molecule has 1 aromatic rings. The van der Waals surface area contributed by atoms with Gasteiger partial charge in [0, 0.05) is 32.2 Å². The first-order valence-corrected chi connectivity index (χ1v) is 9.35. The van der Waals surface area contributed by atoms with Crippen LogP contribution in [-0.4, -0.2) is 54.5 Å². The van der Waals surface area contributed by atoms with Crippen LogP contribution in [0.15, 0.2) is 18.2 Å². The molecule has 0 radical (unpaired) electrons. The summed E-state index contributed by atoms with van der Waals surface area (Å²) in [6, 6.07) is 6.93. The van der Waals surface area contributed by atoms with E-state index in [2.05, 4.69) is 17.9 Å². The zero-order chi connectivity index (χ0) is 16.9. The average molecular weight is 330 g/mol. The summed E-state index contributed by atoms with van der Waals surface area (Å²) in [6.07, 6.45) is 5.91. The van der Waals surface area contributed by atoms with Crippen LogP contribution in [0.5, 0.6) is 5.75 Å². The van der Waals surface area contributed by atoms with E-state index < -0.39 is 0 Å². The summed E-state index contributed by atoms with van der Waals surface area (Å²) in [5.74, 6) is 1.12. The van der Waals surface area contributed by atoms with Crippen molar-refractivity contribution in [3.63, 3.8) is 0 Å². The third kappa shape index (κ3) is 4.29. The number of carbonyl (C=O) groups excluding carboxylic acids is 1. The number of aryl methyl sites for hydroxylation is 2. The highest BCUT2D eigenvalue weighted by Crippen LogP contribution is 2.24. The SMILES string of the molecule is Cc1ccc(OCCC(=O)N2CCN(C3CCCC3)CC2)c(C)c1. The van der Waals surface area contributed by atoms with Crippen LogP contribution in [0.25, 0.3) is 0 Å². The second-order valence-corrected chi connectivity index (χ2v) is 7.22. The lowest BCUT2D eigenvalue weighted by Gasteiger charge is -2.38. The van der Waals surface area contributed by atoms with Crippen molar-refractivity contribution >= 4 is 5.91 Å². The molecule has 0 atom stereocenters. The average Bonchev–Trinajstić information content (AvgIpc) is 3.11. The molecule has 1 aliphatic carbocycles. The molecule has 1 aliphatic heterocycles. The number of ether oxygens (including phenoxy) is 1. The fraction of sp³-hybridized carbons (Fsp3) is 0.650. The maximum Gasteiger partial charge on any atom is 0.226 e. The minimum atomic E-state index is 0.228. The highest BCUT2D eigenvalue weighted by atomic mass is 16.5. The molecule has 24 heavy (non-hydrogen) atoms. The first-order valence-electron chi connectivity index (χ1n) is 9.35. The summed E-state index contributed by atoms with van der Waals surface area (Å²) in [5.41, 5.74) is 2.36. The van der Waals surface area contributed by atoms with E-state index in [9.17, 15) is 4.79 Å². The van der Waals surface area contributed by atoms with E-state index in [1.54, 1.807) is 0 Å². The van der Waals surface area contributed by atoms with Crippen LogP contribution in [0.4, 0.5) is 0 Å². The largest absolute Gasteiger partial charge is 0.493 e. The number of hydrogen-bond acceptors (Lipinski definition) is 3. The van der Waals surface area contributed by atoms with Gasteiger partial charge in [0.2, 0.25) is 5.91 Å². The third-order valence-electron chi connectivity index (χ3n) is 5.41.